The largest absolute Gasteiger partial charge is 0.348 e. The summed E-state index contributed by atoms with van der Waals surface area (Å²) in [7, 11) is 2.12. The Labute approximate surface area is 123 Å². The Morgan fingerprint density at radius 3 is 3.05 bits per heavy atom. The zero-order chi connectivity index (χ0) is 14.2. The molecule has 0 saturated carbocycles. The van der Waals surface area contributed by atoms with Gasteiger partial charge in [0.05, 0.1) is 17.6 Å². The molecule has 0 amide bonds. The van der Waals surface area contributed by atoms with Gasteiger partial charge in [-0.05, 0) is 25.1 Å². The van der Waals surface area contributed by atoms with Crippen molar-refractivity contribution in [1.82, 2.24) is 24.4 Å². The topological polar surface area (TPSA) is 49.7 Å². The maximum atomic E-state index is 4.84. The maximum absolute atomic E-state index is 4.84. The van der Waals surface area contributed by atoms with Crippen LogP contribution >= 0.6 is 0 Å². The molecule has 0 aliphatic carbocycles. The predicted octanol–water partition coefficient (Wildman–Crippen LogP) is 2.29. The highest BCUT2D eigenvalue weighted by Gasteiger charge is 2.27. The van der Waals surface area contributed by atoms with Gasteiger partial charge in [-0.3, -0.25) is 4.90 Å². The van der Waals surface area contributed by atoms with E-state index >= 15 is 0 Å². The molecule has 0 radical (unpaired) electrons. The highest BCUT2D eigenvalue weighted by molar-refractivity contribution is 5.75. The molecule has 1 aliphatic rings. The Morgan fingerprint density at radius 2 is 2.24 bits per heavy atom. The summed E-state index contributed by atoms with van der Waals surface area (Å²) in [6, 6.07) is 8.36. The molecule has 3 aromatic rings. The summed E-state index contributed by atoms with van der Waals surface area (Å²) < 4.78 is 2.25. The van der Waals surface area contributed by atoms with Crippen LogP contribution in [0.5, 0.6) is 0 Å². The van der Waals surface area contributed by atoms with E-state index < -0.39 is 0 Å². The van der Waals surface area contributed by atoms with E-state index in [0.29, 0.717) is 5.92 Å². The summed E-state index contributed by atoms with van der Waals surface area (Å²) >= 11 is 0. The quantitative estimate of drug-likeness (QED) is 0.801. The molecule has 1 N–H and O–H groups in total. The van der Waals surface area contributed by atoms with Gasteiger partial charge in [0.25, 0.3) is 0 Å². The van der Waals surface area contributed by atoms with Crippen LogP contribution in [0.25, 0.3) is 11.0 Å². The third-order valence-corrected chi connectivity index (χ3v) is 4.39. The molecule has 4 rings (SSSR count). The number of hydrogen-bond donors (Lipinski definition) is 1. The molecule has 1 aromatic carbocycles. The van der Waals surface area contributed by atoms with Gasteiger partial charge in [-0.25, -0.2) is 9.97 Å². The standard InChI is InChI=1S/C16H19N5/c1-20-14-5-3-2-4-13(14)19-16(20)12-6-9-21(10-12)11-15-17-7-8-18-15/h2-5,7-8,12H,6,9-11H2,1H3,(H,17,18). The van der Waals surface area contributed by atoms with Gasteiger partial charge in [0.15, 0.2) is 0 Å². The van der Waals surface area contributed by atoms with Crippen molar-refractivity contribution in [2.45, 2.75) is 18.9 Å². The van der Waals surface area contributed by atoms with E-state index in [4.69, 9.17) is 4.98 Å². The lowest BCUT2D eigenvalue weighted by molar-refractivity contribution is 0.317. The summed E-state index contributed by atoms with van der Waals surface area (Å²) in [5.41, 5.74) is 2.32. The Bertz CT molecular complexity index is 743. The lowest BCUT2D eigenvalue weighted by atomic mass is 10.1. The fraction of sp³-hybridized carbons (Fsp3) is 0.375. The number of nitrogens with zero attached hydrogens (tertiary/aromatic N) is 4. The van der Waals surface area contributed by atoms with Gasteiger partial charge in [0.1, 0.15) is 11.6 Å². The fourth-order valence-electron chi connectivity index (χ4n) is 3.31. The van der Waals surface area contributed by atoms with Crippen molar-refractivity contribution in [3.05, 3.63) is 48.3 Å². The highest BCUT2D eigenvalue weighted by atomic mass is 15.2. The maximum Gasteiger partial charge on any atom is 0.120 e. The number of rotatable bonds is 3. The zero-order valence-electron chi connectivity index (χ0n) is 12.2. The first kappa shape index (κ1) is 12.6. The van der Waals surface area contributed by atoms with E-state index in [0.717, 1.165) is 37.4 Å². The van der Waals surface area contributed by atoms with Crippen molar-refractivity contribution >= 4 is 11.0 Å². The number of benzene rings is 1. The molecule has 2 aromatic heterocycles. The number of aryl methyl sites for hydroxylation is 1. The molecular formula is C16H19N5. The van der Waals surface area contributed by atoms with Crippen molar-refractivity contribution in [2.24, 2.45) is 7.05 Å². The lowest BCUT2D eigenvalue weighted by Gasteiger charge is -2.14. The van der Waals surface area contributed by atoms with Crippen LogP contribution in [-0.4, -0.2) is 37.5 Å². The number of fused-ring (bicyclic) bond motifs is 1. The molecule has 3 heterocycles. The predicted molar refractivity (Wildman–Crippen MR) is 81.9 cm³/mol. The van der Waals surface area contributed by atoms with Crippen LogP contribution in [0.15, 0.2) is 36.7 Å². The normalized spacial score (nSPS) is 19.6. The Balaban J connectivity index is 1.55. The monoisotopic (exact) mass is 281 g/mol. The number of aromatic nitrogens is 4. The third-order valence-electron chi connectivity index (χ3n) is 4.39. The minimum Gasteiger partial charge on any atom is -0.348 e. The van der Waals surface area contributed by atoms with Crippen molar-refractivity contribution in [3.63, 3.8) is 0 Å². The number of nitrogens with one attached hydrogen (secondary N) is 1. The number of imidazole rings is 2. The Hall–Kier alpha value is -2.14. The highest BCUT2D eigenvalue weighted by Crippen LogP contribution is 2.29. The summed E-state index contributed by atoms with van der Waals surface area (Å²) in [6.45, 7) is 3.06. The molecule has 5 heteroatoms. The summed E-state index contributed by atoms with van der Waals surface area (Å²) in [4.78, 5) is 14.8. The minimum absolute atomic E-state index is 0.511. The van der Waals surface area contributed by atoms with Gasteiger partial charge in [0.2, 0.25) is 0 Å². The van der Waals surface area contributed by atoms with Crippen LogP contribution < -0.4 is 0 Å². The number of hydrogen-bond acceptors (Lipinski definition) is 3. The van der Waals surface area contributed by atoms with Crippen molar-refractivity contribution in [1.29, 1.82) is 0 Å². The SMILES string of the molecule is Cn1c(C2CCN(Cc3ncc[nH]3)C2)nc2ccccc21. The van der Waals surface area contributed by atoms with E-state index in [-0.39, 0.29) is 0 Å². The molecule has 108 valence electrons. The first-order valence-electron chi connectivity index (χ1n) is 7.43. The van der Waals surface area contributed by atoms with Crippen LogP contribution in [0.3, 0.4) is 0 Å². The second-order valence-electron chi connectivity index (χ2n) is 5.77. The second kappa shape index (κ2) is 5.00. The van der Waals surface area contributed by atoms with Gasteiger partial charge >= 0.3 is 0 Å². The number of aromatic amines is 1. The third kappa shape index (κ3) is 2.23. The number of likely N-dealkylation sites (tertiary alicyclic amines) is 1. The van der Waals surface area contributed by atoms with E-state index in [1.165, 1.54) is 11.3 Å². The minimum atomic E-state index is 0.511. The molecule has 0 spiro atoms. The van der Waals surface area contributed by atoms with E-state index in [1.54, 1.807) is 0 Å². The molecule has 1 aliphatic heterocycles. The number of H-pyrrole nitrogens is 1. The van der Waals surface area contributed by atoms with Crippen LogP contribution in [-0.2, 0) is 13.6 Å². The molecule has 1 atom stereocenters. The van der Waals surface area contributed by atoms with Crippen LogP contribution in [0.4, 0.5) is 0 Å². The first-order valence-corrected chi connectivity index (χ1v) is 7.43. The molecule has 1 saturated heterocycles. The van der Waals surface area contributed by atoms with E-state index in [9.17, 15) is 0 Å². The van der Waals surface area contributed by atoms with Crippen molar-refractivity contribution in [2.75, 3.05) is 13.1 Å². The average Bonchev–Trinajstić information content (AvgIpc) is 3.21. The molecule has 1 fully saturated rings. The summed E-state index contributed by atoms with van der Waals surface area (Å²) in [5.74, 6) is 2.76. The lowest BCUT2D eigenvalue weighted by Crippen LogP contribution is -2.21. The molecule has 5 nitrogen and oxygen atoms in total. The zero-order valence-corrected chi connectivity index (χ0v) is 12.2. The van der Waals surface area contributed by atoms with Crippen molar-refractivity contribution in [3.8, 4) is 0 Å². The van der Waals surface area contributed by atoms with Gasteiger partial charge in [-0.2, -0.15) is 0 Å². The van der Waals surface area contributed by atoms with Crippen LogP contribution in [0.1, 0.15) is 24.0 Å². The van der Waals surface area contributed by atoms with Gasteiger partial charge in [-0.1, -0.05) is 12.1 Å². The van der Waals surface area contributed by atoms with Gasteiger partial charge < -0.3 is 9.55 Å². The van der Waals surface area contributed by atoms with Gasteiger partial charge in [-0.15, -0.1) is 0 Å². The van der Waals surface area contributed by atoms with E-state index in [1.807, 2.05) is 12.4 Å². The molecule has 0 bridgehead atoms. The summed E-state index contributed by atoms with van der Waals surface area (Å²) in [5, 5.41) is 0. The van der Waals surface area contributed by atoms with Crippen LogP contribution in [0.2, 0.25) is 0 Å². The van der Waals surface area contributed by atoms with Crippen LogP contribution in [0, 0.1) is 0 Å². The smallest absolute Gasteiger partial charge is 0.120 e. The Kier molecular flexibility index (Phi) is 3.00. The first-order chi connectivity index (χ1) is 10.3. The molecule has 1 unspecified atom stereocenters. The Morgan fingerprint density at radius 1 is 1.33 bits per heavy atom. The fourth-order valence-corrected chi connectivity index (χ4v) is 3.31. The van der Waals surface area contributed by atoms with E-state index in [2.05, 4.69) is 50.7 Å². The average molecular weight is 281 g/mol. The summed E-state index contributed by atoms with van der Waals surface area (Å²) in [6.07, 6.45) is 4.86. The van der Waals surface area contributed by atoms with Crippen molar-refractivity contribution < 1.29 is 0 Å². The molecular weight excluding hydrogens is 262 g/mol. The van der Waals surface area contributed by atoms with Gasteiger partial charge in [0, 0.05) is 31.9 Å². The molecule has 21 heavy (non-hydrogen) atoms. The number of para-hydroxylation sites is 2. The second-order valence-corrected chi connectivity index (χ2v) is 5.77.